The first-order valence-corrected chi connectivity index (χ1v) is 20.6. The summed E-state index contributed by atoms with van der Waals surface area (Å²) in [7, 11) is 0. The van der Waals surface area contributed by atoms with Gasteiger partial charge in [0.2, 0.25) is 6.40 Å². The molecule has 1 aliphatic carbocycles. The minimum atomic E-state index is -0.756. The van der Waals surface area contributed by atoms with Crippen molar-refractivity contribution in [2.45, 2.75) is 13.5 Å². The summed E-state index contributed by atoms with van der Waals surface area (Å²) in [6.45, 7) is 2.13. The summed E-state index contributed by atoms with van der Waals surface area (Å²) in [5.74, 6) is -1.11. The van der Waals surface area contributed by atoms with E-state index in [-0.39, 0.29) is 40.8 Å². The zero-order chi connectivity index (χ0) is 45.7. The van der Waals surface area contributed by atoms with Crippen LogP contribution in [0.5, 0.6) is 11.5 Å². The fourth-order valence-electron chi connectivity index (χ4n) is 7.32. The smallest absolute Gasteiger partial charge is 0.326 e. The van der Waals surface area contributed by atoms with Crippen LogP contribution in [0.25, 0.3) is 32.7 Å². The van der Waals surface area contributed by atoms with Gasteiger partial charge in [0.25, 0.3) is 5.91 Å². The van der Waals surface area contributed by atoms with Gasteiger partial charge in [-0.1, -0.05) is 89.6 Å². The number of phenols is 2. The molecule has 0 unspecified atom stereocenters. The largest absolute Gasteiger partial charge is 0.506 e. The molecule has 8 aromatic carbocycles. The highest BCUT2D eigenvalue weighted by atomic mass is 35.5. The number of carbonyl (C=O) groups is 3. The number of para-hydroxylation sites is 2. The topological polar surface area (TPSA) is 208 Å². The van der Waals surface area contributed by atoms with Gasteiger partial charge in [0, 0.05) is 27.5 Å². The van der Waals surface area contributed by atoms with Crippen LogP contribution in [0.2, 0.25) is 5.02 Å². The Labute approximate surface area is 380 Å². The standard InChI is InChI=1S/C50H35ClN8O7/c1-28-6-2-4-8-42(28)59-66-27-52-65-26-29-10-16-35-30(22-29)12-20-44(60)46(35)57-55-33-14-18-37-38-19-15-34(25-40(38)48(62)39(37)24-33)56-58-47-36-17-11-32(23-31(36)13-21-45(47)61)49(63)54-50(64)53-43-9-5-3-7-41(43)51/h2-25,27,59-61H,26H2,1H3,(H2,53,54,63,64). The van der Waals surface area contributed by atoms with Crippen molar-refractivity contribution in [3.05, 3.63) is 178 Å². The second-order valence-electron chi connectivity index (χ2n) is 15.0. The van der Waals surface area contributed by atoms with Gasteiger partial charge in [-0.05, 0) is 113 Å². The van der Waals surface area contributed by atoms with Crippen LogP contribution in [0.15, 0.2) is 171 Å². The molecule has 0 aliphatic heterocycles. The maximum Gasteiger partial charge on any atom is 0.326 e. The van der Waals surface area contributed by atoms with E-state index in [0.717, 1.165) is 22.2 Å². The number of hydrogen-bond donors (Lipinski definition) is 5. The first-order valence-electron chi connectivity index (χ1n) is 20.2. The van der Waals surface area contributed by atoms with Crippen LogP contribution in [-0.2, 0) is 16.3 Å². The third-order valence-electron chi connectivity index (χ3n) is 10.6. The molecular formula is C50H35ClN8O7. The average molecular weight is 895 g/mol. The number of halogens is 1. The van der Waals surface area contributed by atoms with E-state index in [4.69, 9.17) is 21.3 Å². The van der Waals surface area contributed by atoms with Crippen molar-refractivity contribution in [3.63, 3.8) is 0 Å². The lowest BCUT2D eigenvalue weighted by molar-refractivity contribution is 0.0966. The summed E-state index contributed by atoms with van der Waals surface area (Å²) >= 11 is 6.11. The predicted molar refractivity (Wildman–Crippen MR) is 252 cm³/mol. The van der Waals surface area contributed by atoms with Crippen molar-refractivity contribution in [2.24, 2.45) is 25.6 Å². The molecular weight excluding hydrogens is 860 g/mol. The summed E-state index contributed by atoms with van der Waals surface area (Å²) < 4.78 is 0. The molecule has 0 atom stereocenters. The molecule has 9 rings (SSSR count). The molecule has 1 aliphatic rings. The number of fused-ring (bicyclic) bond motifs is 5. The SMILES string of the molecule is Cc1ccccc1NOC=NOCc1ccc2c(N=Nc3ccc4c(c3)C(=O)c3cc(N=Nc5c(O)ccc6cc(C(=O)NC(=O)Nc7ccccc7Cl)ccc56)ccc3-4)c(O)ccc2c1. The van der Waals surface area contributed by atoms with Crippen LogP contribution in [0.3, 0.4) is 0 Å². The minimum Gasteiger partial charge on any atom is -0.506 e. The third kappa shape index (κ3) is 8.95. The summed E-state index contributed by atoms with van der Waals surface area (Å²) in [6.07, 6.45) is 1.17. The second-order valence-corrected chi connectivity index (χ2v) is 15.4. The molecule has 66 heavy (non-hydrogen) atoms. The highest BCUT2D eigenvalue weighted by Crippen LogP contribution is 2.42. The Hall–Kier alpha value is -8.95. The van der Waals surface area contributed by atoms with Crippen molar-refractivity contribution in [3.8, 4) is 22.6 Å². The molecule has 324 valence electrons. The van der Waals surface area contributed by atoms with E-state index in [1.165, 1.54) is 24.6 Å². The predicted octanol–water partition coefficient (Wildman–Crippen LogP) is 12.9. The number of nitrogens with zero attached hydrogens (tertiary/aromatic N) is 5. The zero-order valence-electron chi connectivity index (χ0n) is 34.7. The van der Waals surface area contributed by atoms with Gasteiger partial charge in [-0.2, -0.15) is 10.2 Å². The van der Waals surface area contributed by atoms with E-state index >= 15 is 0 Å². The number of hydrogen-bond acceptors (Lipinski definition) is 13. The third-order valence-corrected chi connectivity index (χ3v) is 11.0. The van der Waals surface area contributed by atoms with Crippen molar-refractivity contribution in [1.29, 1.82) is 0 Å². The minimum absolute atomic E-state index is 0.0644. The lowest BCUT2D eigenvalue weighted by atomic mass is 10.0. The van der Waals surface area contributed by atoms with Gasteiger partial charge in [-0.25, -0.2) is 10.3 Å². The zero-order valence-corrected chi connectivity index (χ0v) is 35.4. The Bertz CT molecular complexity index is 3360. The lowest BCUT2D eigenvalue weighted by Crippen LogP contribution is -2.34. The molecule has 0 radical (unpaired) electrons. The molecule has 15 nitrogen and oxygen atoms in total. The van der Waals surface area contributed by atoms with E-state index in [1.807, 2.05) is 49.4 Å². The number of aromatic hydroxyl groups is 2. The number of phenolic OH excluding ortho intramolecular Hbond substituents is 2. The fourth-order valence-corrected chi connectivity index (χ4v) is 7.50. The summed E-state index contributed by atoms with van der Waals surface area (Å²) in [5, 5.41) is 50.5. The maximum absolute atomic E-state index is 13.8. The normalized spacial score (nSPS) is 11.9. The van der Waals surface area contributed by atoms with Crippen LogP contribution in [-0.4, -0.2) is 34.3 Å². The van der Waals surface area contributed by atoms with Crippen LogP contribution < -0.4 is 16.1 Å². The number of aryl methyl sites for hydroxylation is 1. The van der Waals surface area contributed by atoms with E-state index < -0.39 is 11.9 Å². The number of oxime groups is 1. The number of amides is 3. The van der Waals surface area contributed by atoms with Gasteiger partial charge >= 0.3 is 6.03 Å². The van der Waals surface area contributed by atoms with Crippen molar-refractivity contribution in [1.82, 2.24) is 5.32 Å². The van der Waals surface area contributed by atoms with E-state index in [0.29, 0.717) is 60.5 Å². The molecule has 0 fully saturated rings. The van der Waals surface area contributed by atoms with Crippen molar-refractivity contribution in [2.75, 3.05) is 10.8 Å². The Kier molecular flexibility index (Phi) is 11.8. The quantitative estimate of drug-likeness (QED) is 0.0344. The number of nitrogens with one attached hydrogen (secondary N) is 3. The Morgan fingerprint density at radius 3 is 1.91 bits per heavy atom. The second kappa shape index (κ2) is 18.4. The highest BCUT2D eigenvalue weighted by Gasteiger charge is 2.27. The average Bonchev–Trinajstić information content (AvgIpc) is 3.60. The van der Waals surface area contributed by atoms with Crippen LogP contribution >= 0.6 is 11.6 Å². The lowest BCUT2D eigenvalue weighted by Gasteiger charge is -2.09. The Balaban J connectivity index is 0.859. The molecule has 0 saturated heterocycles. The molecule has 0 saturated carbocycles. The number of imide groups is 1. The number of ketones is 1. The van der Waals surface area contributed by atoms with E-state index in [2.05, 4.69) is 41.7 Å². The Morgan fingerprint density at radius 1 is 0.652 bits per heavy atom. The fraction of sp³-hybridized carbons (Fsp3) is 0.0400. The summed E-state index contributed by atoms with van der Waals surface area (Å²) in [5.41, 5.74) is 9.43. The molecule has 8 aromatic rings. The number of carbonyl (C=O) groups excluding carboxylic acids is 3. The number of anilines is 2. The first-order chi connectivity index (χ1) is 32.1. The molecule has 0 spiro atoms. The number of benzene rings is 8. The monoisotopic (exact) mass is 894 g/mol. The molecule has 0 heterocycles. The first kappa shape index (κ1) is 42.4. The van der Waals surface area contributed by atoms with Gasteiger partial charge in [-0.15, -0.1) is 10.2 Å². The molecule has 5 N–H and O–H groups in total. The number of urea groups is 1. The van der Waals surface area contributed by atoms with Gasteiger partial charge in [0.1, 0.15) is 29.5 Å². The van der Waals surface area contributed by atoms with Gasteiger partial charge in [0.05, 0.1) is 27.8 Å². The van der Waals surface area contributed by atoms with Crippen LogP contribution in [0.1, 0.15) is 37.4 Å². The summed E-state index contributed by atoms with van der Waals surface area (Å²) in [4.78, 5) is 49.8. The molecule has 3 amide bonds. The molecule has 0 bridgehead atoms. The van der Waals surface area contributed by atoms with Gasteiger partial charge in [-0.3, -0.25) is 14.9 Å². The van der Waals surface area contributed by atoms with E-state index in [9.17, 15) is 24.6 Å². The van der Waals surface area contributed by atoms with Crippen LogP contribution in [0.4, 0.5) is 38.9 Å². The van der Waals surface area contributed by atoms with Crippen molar-refractivity contribution < 1.29 is 34.3 Å². The van der Waals surface area contributed by atoms with E-state index in [1.54, 1.807) is 84.9 Å². The highest BCUT2D eigenvalue weighted by molar-refractivity contribution is 6.33. The molecule has 0 aromatic heterocycles. The summed E-state index contributed by atoms with van der Waals surface area (Å²) in [6, 6.07) is 40.4. The van der Waals surface area contributed by atoms with Crippen molar-refractivity contribution >= 4 is 91.4 Å². The van der Waals surface area contributed by atoms with Gasteiger partial charge in [0.15, 0.2) is 5.78 Å². The molecule has 16 heteroatoms. The Morgan fingerprint density at radius 2 is 1.26 bits per heavy atom. The van der Waals surface area contributed by atoms with Crippen LogP contribution in [0, 0.1) is 6.92 Å². The van der Waals surface area contributed by atoms with Gasteiger partial charge < -0.3 is 25.2 Å². The maximum atomic E-state index is 13.8. The number of rotatable bonds is 12. The number of azo groups is 2.